The molecule has 0 saturated carbocycles. The van der Waals surface area contributed by atoms with Gasteiger partial charge in [-0.25, -0.2) is 0 Å². The lowest BCUT2D eigenvalue weighted by Gasteiger charge is -2.36. The summed E-state index contributed by atoms with van der Waals surface area (Å²) < 4.78 is 0. The molecule has 14 rings (SSSR count). The summed E-state index contributed by atoms with van der Waals surface area (Å²) in [4.78, 5) is 92.3. The van der Waals surface area contributed by atoms with Gasteiger partial charge in [0.1, 0.15) is 0 Å². The lowest BCUT2D eigenvalue weighted by atomic mass is 9.90. The van der Waals surface area contributed by atoms with Crippen LogP contribution in [0.2, 0.25) is 15.1 Å². The molecule has 0 aromatic heterocycles. The molecule has 0 unspecified atom stereocenters. The van der Waals surface area contributed by atoms with Crippen LogP contribution < -0.4 is 37.6 Å². The monoisotopic (exact) mass is 1770 g/mol. The first-order valence-electron chi connectivity index (χ1n) is 46.1. The van der Waals surface area contributed by atoms with Gasteiger partial charge in [0.15, 0.2) is 0 Å². The van der Waals surface area contributed by atoms with Gasteiger partial charge in [-0.1, -0.05) is 243 Å². The Kier molecular flexibility index (Phi) is 36.8. The molecule has 5 heterocycles. The van der Waals surface area contributed by atoms with Crippen LogP contribution >= 0.6 is 34.8 Å². The fourth-order valence-electron chi connectivity index (χ4n) is 18.4. The first-order valence-corrected chi connectivity index (χ1v) is 47.2. The zero-order valence-corrected chi connectivity index (χ0v) is 77.0. The maximum absolute atomic E-state index is 14.3. The molecule has 672 valence electrons. The molecule has 5 aliphatic heterocycles. The number of halogens is 3. The summed E-state index contributed by atoms with van der Waals surface area (Å²) in [7, 11) is 0. The van der Waals surface area contributed by atoms with Crippen LogP contribution in [0.3, 0.4) is 0 Å². The first kappa shape index (κ1) is 96.3. The molecule has 18 nitrogen and oxygen atoms in total. The van der Waals surface area contributed by atoms with Crippen molar-refractivity contribution in [1.82, 2.24) is 56.4 Å². The molecule has 5 fully saturated rings. The number of nitrogens with one attached hydrogen (secondary N) is 6. The molecular weight excluding hydrogens is 1640 g/mol. The first-order chi connectivity index (χ1) is 61.5. The molecule has 7 atom stereocenters. The molecule has 8 N–H and O–H groups in total. The number of likely N-dealkylation sites (tertiary alicyclic amines) is 2. The number of nitrogens with zero attached hydrogens (tertiary/aromatic N) is 5. The average molecular weight is 1780 g/mol. The van der Waals surface area contributed by atoms with Crippen LogP contribution in [-0.2, 0) is 24.0 Å². The molecule has 0 spiro atoms. The van der Waals surface area contributed by atoms with Crippen LogP contribution in [0, 0.1) is 0 Å². The molecule has 127 heavy (non-hydrogen) atoms. The van der Waals surface area contributed by atoms with Crippen molar-refractivity contribution in [1.29, 1.82) is 0 Å². The van der Waals surface area contributed by atoms with Crippen LogP contribution in [0.4, 0.5) is 0 Å². The number of piperidine rings is 2. The Morgan fingerprint density at radius 3 is 1.28 bits per heavy atom. The van der Waals surface area contributed by atoms with E-state index < -0.39 is 17.1 Å². The van der Waals surface area contributed by atoms with E-state index in [2.05, 4.69) is 169 Å². The van der Waals surface area contributed by atoms with E-state index in [1.54, 1.807) is 30.4 Å². The second kappa shape index (κ2) is 48.5. The van der Waals surface area contributed by atoms with Crippen molar-refractivity contribution in [2.75, 3.05) is 91.6 Å². The zero-order valence-electron chi connectivity index (χ0n) is 74.7. The van der Waals surface area contributed by atoms with Crippen LogP contribution in [0.5, 0.6) is 0 Å². The lowest BCUT2D eigenvalue weighted by molar-refractivity contribution is -0.134. The number of carbonyl (C=O) groups excluding carboxylic acids is 6. The maximum atomic E-state index is 14.3. The fraction of sp³-hybridized carbons (Fsp3) is 0.415. The van der Waals surface area contributed by atoms with E-state index in [9.17, 15) is 28.8 Å². The standard InChI is InChI=1S/C38H47ClN4O2.C35H45ClN4O2.C33H39ClN4O2/c1-38(2,41-36(44)21-18-29-16-19-32(39)20-17-29)35-23-27-43(37(45)34(40-35)22-26-42-24-10-5-11-25-42)28-33(30-12-6-3-7-13-30)31-14-8-4-9-15-31;1-2-26(27-10-5-3-6-11-27)25-40-21-17-32(38-33(35(40)42)12-9-20-39-18-7-4-8-19-39)24-37-34(41)30-14-13-29-23-31(36)16-15-28(29)22-30;1-33(2,37-31(39)18-15-24-13-16-27(34)17-14-24)30-20-22-38(32(40)29(36-30)19-21-35)23-28(25-9-5-3-6-10-25)26-11-7-4-8-12-26/h3-4,6-9,12-21,33-35,40H,5,10-11,22-28H2,1-2H3,(H,41,44);3,5-6,10-11,13-16,22-23,26,32-33,38H,2,4,7-9,12,17-21,24-25H2,1H3,(H,37,41);3-18,28-30,36H,19-23,35H2,1-2H3,(H,37,39)/b21-18+;;18-15+/t34-,35-;26-,32+,33+;29-,30-/m010/s1. The molecule has 0 aliphatic carbocycles. The van der Waals surface area contributed by atoms with Crippen molar-refractivity contribution in [2.24, 2.45) is 5.73 Å². The third-order valence-corrected chi connectivity index (χ3v) is 26.6. The molecule has 0 radical (unpaired) electrons. The minimum Gasteiger partial charge on any atom is -0.350 e. The molecule has 5 aliphatic rings. The molecule has 9 aromatic rings. The highest BCUT2D eigenvalue weighted by molar-refractivity contribution is 6.31. The molecule has 9 aromatic carbocycles. The van der Waals surface area contributed by atoms with Crippen molar-refractivity contribution in [3.63, 3.8) is 0 Å². The van der Waals surface area contributed by atoms with Crippen LogP contribution in [-0.4, -0.2) is 199 Å². The van der Waals surface area contributed by atoms with Gasteiger partial charge in [0, 0.05) is 121 Å². The van der Waals surface area contributed by atoms with E-state index in [0.717, 1.165) is 93.1 Å². The summed E-state index contributed by atoms with van der Waals surface area (Å²) in [6.07, 6.45) is 20.5. The van der Waals surface area contributed by atoms with Gasteiger partial charge in [0.05, 0.1) is 29.2 Å². The number of carbonyl (C=O) groups is 6. The van der Waals surface area contributed by atoms with E-state index in [-0.39, 0.29) is 77.5 Å². The molecule has 0 bridgehead atoms. The van der Waals surface area contributed by atoms with Crippen molar-refractivity contribution in [2.45, 2.75) is 190 Å². The quantitative estimate of drug-likeness (QED) is 0.0196. The SMILES string of the molecule is CC(C)(NC(=O)/C=C/c1ccc(Cl)cc1)[C@@H]1CCN(CC(c2ccccc2)c2ccccc2)C(=O)[C@H](CCN)N1.CC(C)(NC(=O)/C=C/c1ccc(Cl)cc1)[C@@H]1CCN(CC(c2ccccc2)c2ccccc2)C(=O)[C@H](CCN2CCCCC2)N1.CC[C@H](CN1CC[C@@H](CNC(=O)c2ccc3cc(Cl)ccc3c2)N[C@@H](CCCN2CCCCC2)C1=O)c1ccccc1. The average Bonchev–Trinajstić information content (AvgIpc) is 1.72. The van der Waals surface area contributed by atoms with Crippen LogP contribution in [0.25, 0.3) is 22.9 Å². The van der Waals surface area contributed by atoms with Crippen molar-refractivity contribution < 1.29 is 28.8 Å². The van der Waals surface area contributed by atoms with Gasteiger partial charge in [-0.3, -0.25) is 28.8 Å². The minimum absolute atomic E-state index is 0.0268. The van der Waals surface area contributed by atoms with Gasteiger partial charge >= 0.3 is 0 Å². The largest absolute Gasteiger partial charge is 0.350 e. The minimum atomic E-state index is -0.608. The van der Waals surface area contributed by atoms with Gasteiger partial charge < -0.3 is 62.1 Å². The summed E-state index contributed by atoms with van der Waals surface area (Å²) in [6.45, 7) is 21.4. The Morgan fingerprint density at radius 1 is 0.441 bits per heavy atom. The maximum Gasteiger partial charge on any atom is 0.251 e. The zero-order chi connectivity index (χ0) is 89.5. The highest BCUT2D eigenvalue weighted by atomic mass is 35.5. The summed E-state index contributed by atoms with van der Waals surface area (Å²) >= 11 is 18.1. The second-order valence-electron chi connectivity index (χ2n) is 35.9. The van der Waals surface area contributed by atoms with Gasteiger partial charge in [0.25, 0.3) is 5.91 Å². The third kappa shape index (κ3) is 29.1. The Bertz CT molecular complexity index is 4920. The van der Waals surface area contributed by atoms with Crippen molar-refractivity contribution in [3.8, 4) is 0 Å². The summed E-state index contributed by atoms with van der Waals surface area (Å²) in [5, 5.41) is 24.5. The van der Waals surface area contributed by atoms with E-state index in [1.807, 2.05) is 146 Å². The van der Waals surface area contributed by atoms with Gasteiger partial charge in [0.2, 0.25) is 29.5 Å². The van der Waals surface area contributed by atoms with E-state index in [0.29, 0.717) is 85.2 Å². The van der Waals surface area contributed by atoms with Gasteiger partial charge in [-0.2, -0.15) is 0 Å². The molecule has 6 amide bonds. The highest BCUT2D eigenvalue weighted by Gasteiger charge is 2.42. The topological polar surface area (TPSA) is 217 Å². The second-order valence-corrected chi connectivity index (χ2v) is 37.2. The number of nitrogens with two attached hydrogens (primary N) is 1. The molecule has 21 heteroatoms. The van der Waals surface area contributed by atoms with Crippen molar-refractivity contribution >= 4 is 93.2 Å². The number of hydrogen-bond acceptors (Lipinski definition) is 12. The number of rotatable bonds is 32. The Morgan fingerprint density at radius 2 is 0.835 bits per heavy atom. The molecule has 5 saturated heterocycles. The Hall–Kier alpha value is -9.83. The van der Waals surface area contributed by atoms with E-state index in [4.69, 9.17) is 40.5 Å². The van der Waals surface area contributed by atoms with Crippen molar-refractivity contribution in [3.05, 3.63) is 308 Å². The van der Waals surface area contributed by atoms with Gasteiger partial charge in [-0.15, -0.1) is 0 Å². The normalized spacial score (nSPS) is 19.7. The Labute approximate surface area is 768 Å². The predicted octanol–water partition coefficient (Wildman–Crippen LogP) is 17.7. The Balaban J connectivity index is 0.000000173. The van der Waals surface area contributed by atoms with E-state index >= 15 is 0 Å². The summed E-state index contributed by atoms with van der Waals surface area (Å²) in [6, 6.07) is 77.1. The third-order valence-electron chi connectivity index (χ3n) is 25.9. The highest BCUT2D eigenvalue weighted by Crippen LogP contribution is 2.33. The number of hydrogen-bond donors (Lipinski definition) is 7. The summed E-state index contributed by atoms with van der Waals surface area (Å²) in [5.41, 5.74) is 13.2. The number of benzene rings is 9. The van der Waals surface area contributed by atoms with Gasteiger partial charge in [-0.05, 0) is 254 Å². The molecular formula is C106H131Cl3N12O6. The smallest absolute Gasteiger partial charge is 0.251 e. The van der Waals surface area contributed by atoms with Crippen LogP contribution in [0.1, 0.15) is 192 Å². The van der Waals surface area contributed by atoms with Crippen LogP contribution in [0.15, 0.2) is 249 Å². The number of amides is 6. The fourth-order valence-corrected chi connectivity index (χ4v) is 18.9. The predicted molar refractivity (Wildman–Crippen MR) is 519 cm³/mol. The lowest BCUT2D eigenvalue weighted by Crippen LogP contribution is -2.60. The summed E-state index contributed by atoms with van der Waals surface area (Å²) in [5.74, 6) is 0.366. The van der Waals surface area contributed by atoms with E-state index in [1.165, 1.54) is 85.5 Å². The number of fused-ring (bicyclic) bond motifs is 1.